The lowest BCUT2D eigenvalue weighted by Gasteiger charge is -2.31. The molecule has 2 aromatic rings. The first-order chi connectivity index (χ1) is 13.6. The van der Waals surface area contributed by atoms with Crippen molar-refractivity contribution in [1.82, 2.24) is 4.90 Å². The number of hydrogen-bond acceptors (Lipinski definition) is 2. The normalized spacial score (nSPS) is 15.3. The summed E-state index contributed by atoms with van der Waals surface area (Å²) in [7, 11) is 0. The second kappa shape index (κ2) is 8.52. The Morgan fingerprint density at radius 3 is 2.21 bits per heavy atom. The molecule has 0 aliphatic carbocycles. The van der Waals surface area contributed by atoms with Crippen LogP contribution in [0.25, 0.3) is 0 Å². The predicted molar refractivity (Wildman–Crippen MR) is 103 cm³/mol. The smallest absolute Gasteiger partial charge is 0.339 e. The number of carbonyl (C=O) groups is 2. The average Bonchev–Trinajstić information content (AvgIpc) is 2.69. The van der Waals surface area contributed by atoms with Gasteiger partial charge in [0.2, 0.25) is 5.91 Å². The maximum atomic E-state index is 13.9. The summed E-state index contributed by atoms with van der Waals surface area (Å²) in [6, 6.07) is 8.38. The van der Waals surface area contributed by atoms with Crippen molar-refractivity contribution in [1.29, 1.82) is 0 Å². The third-order valence-electron chi connectivity index (χ3n) is 4.80. The van der Waals surface area contributed by atoms with Crippen LogP contribution < -0.4 is 5.32 Å². The minimum Gasteiger partial charge on any atom is -0.339 e. The maximum Gasteiger partial charge on any atom is 0.416 e. The molecule has 2 amide bonds. The van der Waals surface area contributed by atoms with E-state index in [1.54, 1.807) is 6.07 Å². The van der Waals surface area contributed by atoms with Gasteiger partial charge >= 0.3 is 6.18 Å². The zero-order valence-corrected chi connectivity index (χ0v) is 16.7. The SMILES string of the molecule is O=C(Nc1ccc(Br)cc1F)C1CCN(C(=O)c2ccc(C(F)(F)F)cc2)CC1. The summed E-state index contributed by atoms with van der Waals surface area (Å²) in [4.78, 5) is 26.4. The lowest BCUT2D eigenvalue weighted by Crippen LogP contribution is -2.41. The van der Waals surface area contributed by atoms with E-state index in [1.807, 2.05) is 0 Å². The van der Waals surface area contributed by atoms with Crippen LogP contribution in [0.5, 0.6) is 0 Å². The van der Waals surface area contributed by atoms with E-state index in [1.165, 1.54) is 17.0 Å². The fourth-order valence-electron chi connectivity index (χ4n) is 3.15. The van der Waals surface area contributed by atoms with Crippen molar-refractivity contribution >= 4 is 33.4 Å². The molecule has 0 saturated carbocycles. The highest BCUT2D eigenvalue weighted by Gasteiger charge is 2.31. The standard InChI is InChI=1S/C20H17BrF4N2O2/c21-15-5-6-17(16(22)11-15)26-18(28)12-7-9-27(10-8-12)19(29)13-1-3-14(4-2-13)20(23,24)25/h1-6,11-12H,7-10H2,(H,26,28). The minimum atomic E-state index is -4.46. The van der Waals surface area contributed by atoms with E-state index in [0.29, 0.717) is 30.4 Å². The Balaban J connectivity index is 1.57. The maximum absolute atomic E-state index is 13.9. The van der Waals surface area contributed by atoms with Gasteiger partial charge in [0, 0.05) is 29.0 Å². The molecule has 0 atom stereocenters. The molecule has 0 spiro atoms. The van der Waals surface area contributed by atoms with E-state index in [9.17, 15) is 27.2 Å². The summed E-state index contributed by atoms with van der Waals surface area (Å²) < 4.78 is 52.3. The second-order valence-corrected chi connectivity index (χ2v) is 7.67. The average molecular weight is 473 g/mol. The number of piperidine rings is 1. The summed E-state index contributed by atoms with van der Waals surface area (Å²) in [6.45, 7) is 0.585. The summed E-state index contributed by atoms with van der Waals surface area (Å²) in [6.07, 6.45) is -3.69. The molecule has 4 nitrogen and oxygen atoms in total. The Morgan fingerprint density at radius 2 is 1.66 bits per heavy atom. The van der Waals surface area contributed by atoms with Crippen LogP contribution in [0.15, 0.2) is 46.9 Å². The van der Waals surface area contributed by atoms with Crippen molar-refractivity contribution in [3.63, 3.8) is 0 Å². The van der Waals surface area contributed by atoms with Gasteiger partial charge in [-0.25, -0.2) is 4.39 Å². The van der Waals surface area contributed by atoms with Gasteiger partial charge in [0.25, 0.3) is 5.91 Å². The third kappa shape index (κ3) is 5.14. The molecule has 1 heterocycles. The number of halogens is 5. The number of nitrogens with zero attached hydrogens (tertiary/aromatic N) is 1. The van der Waals surface area contributed by atoms with E-state index < -0.39 is 17.6 Å². The van der Waals surface area contributed by atoms with Gasteiger partial charge in [0.1, 0.15) is 5.82 Å². The quantitative estimate of drug-likeness (QED) is 0.631. The van der Waals surface area contributed by atoms with Gasteiger partial charge in [0.15, 0.2) is 0 Å². The Bertz CT molecular complexity index is 908. The van der Waals surface area contributed by atoms with Gasteiger partial charge in [-0.05, 0) is 55.3 Å². The molecule has 9 heteroatoms. The van der Waals surface area contributed by atoms with E-state index in [-0.39, 0.29) is 29.0 Å². The Kier molecular flexibility index (Phi) is 6.26. The van der Waals surface area contributed by atoms with Gasteiger partial charge in [-0.15, -0.1) is 0 Å². The van der Waals surface area contributed by atoms with Gasteiger partial charge in [0.05, 0.1) is 11.3 Å². The minimum absolute atomic E-state index is 0.0847. The molecular formula is C20H17BrF4N2O2. The third-order valence-corrected chi connectivity index (χ3v) is 5.29. The zero-order valence-electron chi connectivity index (χ0n) is 15.1. The predicted octanol–water partition coefficient (Wildman–Crippen LogP) is 5.10. The summed E-state index contributed by atoms with van der Waals surface area (Å²) in [5.41, 5.74) is -0.566. The van der Waals surface area contributed by atoms with Crippen LogP contribution in [-0.2, 0) is 11.0 Å². The van der Waals surface area contributed by atoms with E-state index in [4.69, 9.17) is 0 Å². The van der Waals surface area contributed by atoms with Crippen LogP contribution in [0.3, 0.4) is 0 Å². The lowest BCUT2D eigenvalue weighted by molar-refractivity contribution is -0.137. The van der Waals surface area contributed by atoms with Crippen molar-refractivity contribution < 1.29 is 27.2 Å². The van der Waals surface area contributed by atoms with Crippen molar-refractivity contribution in [2.45, 2.75) is 19.0 Å². The van der Waals surface area contributed by atoms with Crippen molar-refractivity contribution in [3.05, 3.63) is 63.9 Å². The van der Waals surface area contributed by atoms with E-state index in [0.717, 1.165) is 24.3 Å². The molecular weight excluding hydrogens is 456 g/mol. The molecule has 29 heavy (non-hydrogen) atoms. The number of nitrogens with one attached hydrogen (secondary N) is 1. The number of hydrogen-bond donors (Lipinski definition) is 1. The number of rotatable bonds is 3. The Hall–Kier alpha value is -2.42. The van der Waals surface area contributed by atoms with Crippen molar-refractivity contribution in [3.8, 4) is 0 Å². The van der Waals surface area contributed by atoms with E-state index in [2.05, 4.69) is 21.2 Å². The molecule has 3 rings (SSSR count). The van der Waals surface area contributed by atoms with Crippen LogP contribution in [0.1, 0.15) is 28.8 Å². The molecule has 0 aromatic heterocycles. The zero-order chi connectivity index (χ0) is 21.2. The monoisotopic (exact) mass is 472 g/mol. The van der Waals surface area contributed by atoms with Crippen LogP contribution in [0, 0.1) is 11.7 Å². The number of amides is 2. The highest BCUT2D eigenvalue weighted by atomic mass is 79.9. The molecule has 0 radical (unpaired) electrons. The number of alkyl halides is 3. The first kappa shape index (κ1) is 21.3. The number of likely N-dealkylation sites (tertiary alicyclic amines) is 1. The summed E-state index contributed by atoms with van der Waals surface area (Å²) >= 11 is 3.15. The molecule has 0 unspecified atom stereocenters. The highest BCUT2D eigenvalue weighted by molar-refractivity contribution is 9.10. The molecule has 1 saturated heterocycles. The molecule has 1 fully saturated rings. The topological polar surface area (TPSA) is 49.4 Å². The highest BCUT2D eigenvalue weighted by Crippen LogP contribution is 2.29. The van der Waals surface area contributed by atoms with Gasteiger partial charge in [-0.3, -0.25) is 9.59 Å². The largest absolute Gasteiger partial charge is 0.416 e. The Morgan fingerprint density at radius 1 is 1.03 bits per heavy atom. The fraction of sp³-hybridized carbons (Fsp3) is 0.300. The summed E-state index contributed by atoms with van der Waals surface area (Å²) in [5, 5.41) is 2.56. The first-order valence-corrected chi connectivity index (χ1v) is 9.67. The van der Waals surface area contributed by atoms with Crippen LogP contribution in [-0.4, -0.2) is 29.8 Å². The van der Waals surface area contributed by atoms with E-state index >= 15 is 0 Å². The first-order valence-electron chi connectivity index (χ1n) is 8.87. The Labute approximate surface area is 173 Å². The lowest BCUT2D eigenvalue weighted by atomic mass is 9.95. The van der Waals surface area contributed by atoms with Crippen molar-refractivity contribution in [2.24, 2.45) is 5.92 Å². The molecule has 2 aromatic carbocycles. The molecule has 154 valence electrons. The van der Waals surface area contributed by atoms with Crippen molar-refractivity contribution in [2.75, 3.05) is 18.4 Å². The van der Waals surface area contributed by atoms with Gasteiger partial charge in [-0.2, -0.15) is 13.2 Å². The second-order valence-electron chi connectivity index (χ2n) is 6.76. The van der Waals surface area contributed by atoms with Crippen LogP contribution >= 0.6 is 15.9 Å². The molecule has 1 N–H and O–H groups in total. The number of anilines is 1. The molecule has 1 aliphatic heterocycles. The fourth-order valence-corrected chi connectivity index (χ4v) is 3.49. The van der Waals surface area contributed by atoms with Gasteiger partial charge in [-0.1, -0.05) is 15.9 Å². The molecule has 0 bridgehead atoms. The molecule has 1 aliphatic rings. The number of carbonyl (C=O) groups excluding carboxylic acids is 2. The van der Waals surface area contributed by atoms with Crippen LogP contribution in [0.4, 0.5) is 23.2 Å². The number of benzene rings is 2. The summed E-state index contributed by atoms with van der Waals surface area (Å²) in [5.74, 6) is -1.64. The van der Waals surface area contributed by atoms with Gasteiger partial charge < -0.3 is 10.2 Å². The van der Waals surface area contributed by atoms with Crippen LogP contribution in [0.2, 0.25) is 0 Å².